The minimum Gasteiger partial charge on any atom is -0.456 e. The summed E-state index contributed by atoms with van der Waals surface area (Å²) in [7, 11) is 0. The summed E-state index contributed by atoms with van der Waals surface area (Å²) in [6.45, 7) is 4.11. The van der Waals surface area contributed by atoms with Crippen LogP contribution in [0.4, 0.5) is 0 Å². The molecule has 2 rings (SSSR count). The van der Waals surface area contributed by atoms with Crippen molar-refractivity contribution in [3.8, 4) is 11.5 Å². The van der Waals surface area contributed by atoms with Gasteiger partial charge < -0.3 is 4.74 Å². The third kappa shape index (κ3) is 2.27. The van der Waals surface area contributed by atoms with Gasteiger partial charge >= 0.3 is 0 Å². The summed E-state index contributed by atoms with van der Waals surface area (Å²) in [5.41, 5.74) is 2.30. The first-order valence-electron chi connectivity index (χ1n) is 5.17. The molecule has 16 heavy (non-hydrogen) atoms. The monoisotopic (exact) mass is 276 g/mol. The van der Waals surface area contributed by atoms with Gasteiger partial charge in [-0.25, -0.2) is 0 Å². The molecule has 0 saturated carbocycles. The first-order valence-corrected chi connectivity index (χ1v) is 5.96. The van der Waals surface area contributed by atoms with Crippen molar-refractivity contribution in [3.63, 3.8) is 0 Å². The van der Waals surface area contributed by atoms with Crippen molar-refractivity contribution in [2.45, 2.75) is 13.8 Å². The van der Waals surface area contributed by atoms with E-state index in [1.807, 2.05) is 30.3 Å². The second-order valence-corrected chi connectivity index (χ2v) is 4.61. The highest BCUT2D eigenvalue weighted by atomic mass is 79.9. The number of hydrogen-bond acceptors (Lipinski definition) is 1. The lowest BCUT2D eigenvalue weighted by Crippen LogP contribution is -1.91. The fourth-order valence-corrected chi connectivity index (χ4v) is 1.96. The van der Waals surface area contributed by atoms with E-state index in [0.29, 0.717) is 0 Å². The van der Waals surface area contributed by atoms with E-state index in [0.717, 1.165) is 27.1 Å². The standard InChI is InChI=1S/C14H13BrO/c1-10-6-5-7-11(2)14(10)16-13-9-4-3-8-12(13)15/h3-9H,1-2H3. The Morgan fingerprint density at radius 3 is 2.12 bits per heavy atom. The molecule has 0 aliphatic heterocycles. The second kappa shape index (κ2) is 4.71. The largest absolute Gasteiger partial charge is 0.456 e. The maximum atomic E-state index is 5.92. The number of rotatable bonds is 2. The highest BCUT2D eigenvalue weighted by Crippen LogP contribution is 2.32. The van der Waals surface area contributed by atoms with Gasteiger partial charge in [-0.05, 0) is 53.0 Å². The van der Waals surface area contributed by atoms with Crippen LogP contribution in [0.3, 0.4) is 0 Å². The van der Waals surface area contributed by atoms with Crippen molar-refractivity contribution < 1.29 is 4.74 Å². The van der Waals surface area contributed by atoms with Gasteiger partial charge in [0.1, 0.15) is 11.5 Å². The smallest absolute Gasteiger partial charge is 0.141 e. The molecule has 0 N–H and O–H groups in total. The normalized spacial score (nSPS) is 10.2. The Balaban J connectivity index is 2.38. The maximum Gasteiger partial charge on any atom is 0.141 e. The van der Waals surface area contributed by atoms with E-state index in [4.69, 9.17) is 4.74 Å². The number of hydrogen-bond donors (Lipinski definition) is 0. The zero-order valence-electron chi connectivity index (χ0n) is 9.33. The van der Waals surface area contributed by atoms with E-state index in [1.165, 1.54) is 0 Å². The molecule has 0 amide bonds. The van der Waals surface area contributed by atoms with Gasteiger partial charge in [0.15, 0.2) is 0 Å². The maximum absolute atomic E-state index is 5.92. The van der Waals surface area contributed by atoms with Crippen molar-refractivity contribution >= 4 is 15.9 Å². The topological polar surface area (TPSA) is 9.23 Å². The summed E-state index contributed by atoms with van der Waals surface area (Å²) in [5.74, 6) is 1.79. The van der Waals surface area contributed by atoms with Gasteiger partial charge in [0, 0.05) is 0 Å². The van der Waals surface area contributed by atoms with E-state index in [1.54, 1.807) is 0 Å². The molecule has 2 aromatic carbocycles. The van der Waals surface area contributed by atoms with Gasteiger partial charge in [0.05, 0.1) is 4.47 Å². The molecule has 0 aliphatic carbocycles. The van der Waals surface area contributed by atoms with Gasteiger partial charge in [-0.3, -0.25) is 0 Å². The van der Waals surface area contributed by atoms with Gasteiger partial charge in [-0.15, -0.1) is 0 Å². The van der Waals surface area contributed by atoms with Crippen LogP contribution in [0.1, 0.15) is 11.1 Å². The minimum atomic E-state index is 0.847. The Hall–Kier alpha value is -1.28. The Labute approximate surface area is 104 Å². The number of para-hydroxylation sites is 2. The van der Waals surface area contributed by atoms with E-state index in [-0.39, 0.29) is 0 Å². The van der Waals surface area contributed by atoms with Crippen LogP contribution in [0.15, 0.2) is 46.9 Å². The van der Waals surface area contributed by atoms with Crippen molar-refractivity contribution in [2.75, 3.05) is 0 Å². The number of benzene rings is 2. The Morgan fingerprint density at radius 1 is 0.875 bits per heavy atom. The van der Waals surface area contributed by atoms with Crippen LogP contribution in [0.5, 0.6) is 11.5 Å². The third-order valence-corrected chi connectivity index (χ3v) is 3.11. The molecule has 0 radical (unpaired) electrons. The molecular weight excluding hydrogens is 264 g/mol. The summed E-state index contributed by atoms with van der Waals surface area (Å²) >= 11 is 3.48. The van der Waals surface area contributed by atoms with E-state index in [2.05, 4.69) is 41.9 Å². The molecule has 0 unspecified atom stereocenters. The molecule has 2 aromatic rings. The molecule has 0 aliphatic rings. The van der Waals surface area contributed by atoms with Crippen LogP contribution in [0.25, 0.3) is 0 Å². The van der Waals surface area contributed by atoms with Crippen molar-refractivity contribution in [2.24, 2.45) is 0 Å². The molecule has 0 aromatic heterocycles. The lowest BCUT2D eigenvalue weighted by Gasteiger charge is -2.12. The number of ether oxygens (including phenoxy) is 1. The van der Waals surface area contributed by atoms with Crippen LogP contribution in [-0.2, 0) is 0 Å². The highest BCUT2D eigenvalue weighted by Gasteiger charge is 2.06. The fourth-order valence-electron chi connectivity index (χ4n) is 1.60. The zero-order chi connectivity index (χ0) is 11.5. The first-order chi connectivity index (χ1) is 7.68. The van der Waals surface area contributed by atoms with Crippen molar-refractivity contribution in [1.82, 2.24) is 0 Å². The second-order valence-electron chi connectivity index (χ2n) is 3.75. The summed E-state index contributed by atoms with van der Waals surface area (Å²) in [6.07, 6.45) is 0. The van der Waals surface area contributed by atoms with Gasteiger partial charge in [0.2, 0.25) is 0 Å². The Kier molecular flexibility index (Phi) is 3.30. The van der Waals surface area contributed by atoms with Gasteiger partial charge in [-0.1, -0.05) is 30.3 Å². The fraction of sp³-hybridized carbons (Fsp3) is 0.143. The number of aryl methyl sites for hydroxylation is 2. The van der Waals surface area contributed by atoms with Crippen molar-refractivity contribution in [3.05, 3.63) is 58.1 Å². The van der Waals surface area contributed by atoms with Crippen LogP contribution < -0.4 is 4.74 Å². The molecule has 0 saturated heterocycles. The predicted octanol–water partition coefficient (Wildman–Crippen LogP) is 4.86. The summed E-state index contributed by atoms with van der Waals surface area (Å²) in [6, 6.07) is 14.0. The molecule has 2 heteroatoms. The molecule has 0 heterocycles. The summed E-state index contributed by atoms with van der Waals surface area (Å²) < 4.78 is 6.89. The average Bonchev–Trinajstić information content (AvgIpc) is 2.26. The third-order valence-electron chi connectivity index (χ3n) is 2.46. The Bertz CT molecular complexity index is 486. The Morgan fingerprint density at radius 2 is 1.50 bits per heavy atom. The molecule has 0 atom stereocenters. The highest BCUT2D eigenvalue weighted by molar-refractivity contribution is 9.10. The molecule has 0 fully saturated rings. The van der Waals surface area contributed by atoms with Crippen LogP contribution in [-0.4, -0.2) is 0 Å². The summed E-state index contributed by atoms with van der Waals surface area (Å²) in [4.78, 5) is 0. The zero-order valence-corrected chi connectivity index (χ0v) is 10.9. The van der Waals surface area contributed by atoms with E-state index in [9.17, 15) is 0 Å². The van der Waals surface area contributed by atoms with Crippen LogP contribution in [0.2, 0.25) is 0 Å². The molecule has 82 valence electrons. The van der Waals surface area contributed by atoms with Gasteiger partial charge in [0.25, 0.3) is 0 Å². The predicted molar refractivity (Wildman–Crippen MR) is 70.1 cm³/mol. The summed E-state index contributed by atoms with van der Waals surface area (Å²) in [5, 5.41) is 0. The van der Waals surface area contributed by atoms with E-state index >= 15 is 0 Å². The van der Waals surface area contributed by atoms with E-state index < -0.39 is 0 Å². The molecule has 0 bridgehead atoms. The van der Waals surface area contributed by atoms with Crippen LogP contribution >= 0.6 is 15.9 Å². The van der Waals surface area contributed by atoms with Crippen LogP contribution in [0, 0.1) is 13.8 Å². The van der Waals surface area contributed by atoms with Gasteiger partial charge in [-0.2, -0.15) is 0 Å². The molecule has 1 nitrogen and oxygen atoms in total. The molecule has 0 spiro atoms. The number of halogens is 1. The first kappa shape index (κ1) is 11.2. The SMILES string of the molecule is Cc1cccc(C)c1Oc1ccccc1Br. The minimum absolute atomic E-state index is 0.847. The molecular formula is C14H13BrO. The quantitative estimate of drug-likeness (QED) is 0.761. The lowest BCUT2D eigenvalue weighted by molar-refractivity contribution is 0.472. The average molecular weight is 277 g/mol. The lowest BCUT2D eigenvalue weighted by atomic mass is 10.1. The van der Waals surface area contributed by atoms with Crippen molar-refractivity contribution in [1.29, 1.82) is 0 Å².